The molecule has 0 bridgehead atoms. The highest BCUT2D eigenvalue weighted by Crippen LogP contribution is 2.21. The Morgan fingerprint density at radius 2 is 1.27 bits per heavy atom. The van der Waals surface area contributed by atoms with Crippen molar-refractivity contribution in [2.75, 3.05) is 0 Å². The number of nitrogens with zero attached hydrogens (tertiary/aromatic N) is 2. The normalized spacial score (nSPS) is 16.4. The molecular formula is C21H22N2O7. The van der Waals surface area contributed by atoms with Crippen LogP contribution in [-0.4, -0.2) is 39.8 Å². The van der Waals surface area contributed by atoms with Gasteiger partial charge in [0.2, 0.25) is 0 Å². The second-order valence-corrected chi connectivity index (χ2v) is 7.08. The van der Waals surface area contributed by atoms with Gasteiger partial charge in [-0.3, -0.25) is 14.4 Å². The van der Waals surface area contributed by atoms with Gasteiger partial charge in [0.1, 0.15) is 0 Å². The van der Waals surface area contributed by atoms with E-state index < -0.39 is 23.8 Å². The van der Waals surface area contributed by atoms with E-state index in [0.29, 0.717) is 30.0 Å². The van der Waals surface area contributed by atoms with Gasteiger partial charge in [-0.1, -0.05) is 30.8 Å². The maximum Gasteiger partial charge on any atom is 0.333 e. The van der Waals surface area contributed by atoms with Crippen LogP contribution in [0.1, 0.15) is 49.7 Å². The lowest BCUT2D eigenvalue weighted by atomic mass is 10.0. The summed E-state index contributed by atoms with van der Waals surface area (Å²) in [6.07, 6.45) is 1.72. The molecule has 0 aromatic heterocycles. The van der Waals surface area contributed by atoms with Crippen LogP contribution in [-0.2, 0) is 46.5 Å². The molecule has 0 radical (unpaired) electrons. The molecule has 0 aliphatic carbocycles. The van der Waals surface area contributed by atoms with Crippen molar-refractivity contribution in [3.8, 4) is 0 Å². The zero-order chi connectivity index (χ0) is 21.7. The van der Waals surface area contributed by atoms with Gasteiger partial charge in [0.15, 0.2) is 0 Å². The number of amides is 3. The molecule has 2 fully saturated rings. The first-order valence-corrected chi connectivity index (χ1v) is 9.69. The van der Waals surface area contributed by atoms with Crippen LogP contribution in [0.15, 0.2) is 36.5 Å². The highest BCUT2D eigenvalue weighted by Gasteiger charge is 2.32. The summed E-state index contributed by atoms with van der Waals surface area (Å²) in [6.45, 7) is 3.69. The molecule has 30 heavy (non-hydrogen) atoms. The summed E-state index contributed by atoms with van der Waals surface area (Å²) < 4.78 is 0. The number of carbonyl (C=O) groups excluding carboxylic acids is 5. The summed E-state index contributed by atoms with van der Waals surface area (Å²) in [4.78, 5) is 68.4. The summed E-state index contributed by atoms with van der Waals surface area (Å²) >= 11 is 0. The fourth-order valence-electron chi connectivity index (χ4n) is 3.13. The summed E-state index contributed by atoms with van der Waals surface area (Å²) in [5, 5.41) is 1.49. The summed E-state index contributed by atoms with van der Waals surface area (Å²) in [5.74, 6) is -2.49. The smallest absolute Gasteiger partial charge is 0.333 e. The lowest BCUT2D eigenvalue weighted by Gasteiger charge is -2.15. The summed E-state index contributed by atoms with van der Waals surface area (Å²) in [7, 11) is 0. The first-order valence-electron chi connectivity index (χ1n) is 9.69. The van der Waals surface area contributed by atoms with E-state index in [-0.39, 0.29) is 38.0 Å². The number of hydrogen-bond acceptors (Lipinski definition) is 7. The molecule has 2 saturated heterocycles. The zero-order valence-electron chi connectivity index (χ0n) is 16.4. The lowest BCUT2D eigenvalue weighted by Crippen LogP contribution is -2.32. The minimum atomic E-state index is -0.664. The monoisotopic (exact) mass is 414 g/mol. The van der Waals surface area contributed by atoms with Crippen molar-refractivity contribution < 1.29 is 33.6 Å². The lowest BCUT2D eigenvalue weighted by molar-refractivity contribution is -0.197. The van der Waals surface area contributed by atoms with E-state index in [0.717, 1.165) is 16.2 Å². The number of imide groups is 1. The molecule has 158 valence electrons. The third kappa shape index (κ3) is 5.31. The molecule has 1 aromatic rings. The van der Waals surface area contributed by atoms with Gasteiger partial charge in [0, 0.05) is 19.3 Å². The number of rotatable bonds is 8. The van der Waals surface area contributed by atoms with Crippen LogP contribution in [0.3, 0.4) is 0 Å². The average Bonchev–Trinajstić information content (AvgIpc) is 3.21. The van der Waals surface area contributed by atoms with Gasteiger partial charge >= 0.3 is 11.9 Å². The van der Waals surface area contributed by atoms with Crippen molar-refractivity contribution in [2.45, 2.75) is 51.4 Å². The third-order valence-electron chi connectivity index (χ3n) is 4.76. The SMILES string of the molecule is C=C1CCC(=O)N1OC(=O)CCc1cccc(CCC(=O)ON2C(=O)CCC2=O)c1. The number of benzene rings is 1. The first kappa shape index (κ1) is 21.2. The number of hydrogen-bond donors (Lipinski definition) is 0. The number of carbonyl (C=O) groups is 5. The standard InChI is InChI=1S/C21H22N2O7/c1-14-5-8-17(24)22(14)29-20(27)11-6-15-3-2-4-16(13-15)7-12-21(28)30-23-18(25)9-10-19(23)26/h2-4,13H,1,5-12H2. The van der Waals surface area contributed by atoms with E-state index in [1.807, 2.05) is 18.2 Å². The Balaban J connectivity index is 1.45. The average molecular weight is 414 g/mol. The maximum absolute atomic E-state index is 12.0. The molecule has 9 nitrogen and oxygen atoms in total. The van der Waals surface area contributed by atoms with Crippen molar-refractivity contribution in [1.29, 1.82) is 0 Å². The van der Waals surface area contributed by atoms with Crippen LogP contribution in [0.5, 0.6) is 0 Å². The fraction of sp³-hybridized carbons (Fsp3) is 0.381. The summed E-state index contributed by atoms with van der Waals surface area (Å²) in [6, 6.07) is 7.33. The Morgan fingerprint density at radius 1 is 0.800 bits per heavy atom. The predicted molar refractivity (Wildman–Crippen MR) is 102 cm³/mol. The molecule has 3 amide bonds. The topological polar surface area (TPSA) is 110 Å². The molecule has 2 aliphatic heterocycles. The van der Waals surface area contributed by atoms with Gasteiger partial charge < -0.3 is 9.68 Å². The highest BCUT2D eigenvalue weighted by atomic mass is 16.7. The van der Waals surface area contributed by atoms with Crippen molar-refractivity contribution >= 4 is 29.7 Å². The molecule has 1 aromatic carbocycles. The second-order valence-electron chi connectivity index (χ2n) is 7.08. The number of hydroxylamine groups is 4. The first-order chi connectivity index (χ1) is 14.3. The molecule has 9 heteroatoms. The van der Waals surface area contributed by atoms with Crippen LogP contribution in [0.2, 0.25) is 0 Å². The van der Waals surface area contributed by atoms with Gasteiger partial charge in [0.25, 0.3) is 17.7 Å². The molecule has 2 aliphatic rings. The van der Waals surface area contributed by atoms with Crippen molar-refractivity contribution in [3.05, 3.63) is 47.7 Å². The van der Waals surface area contributed by atoms with Gasteiger partial charge in [-0.2, -0.15) is 0 Å². The molecule has 2 heterocycles. The van der Waals surface area contributed by atoms with Crippen LogP contribution in [0.25, 0.3) is 0 Å². The minimum absolute atomic E-state index is 0.00172. The van der Waals surface area contributed by atoms with Gasteiger partial charge in [-0.05, 0) is 30.4 Å². The van der Waals surface area contributed by atoms with E-state index in [9.17, 15) is 24.0 Å². The van der Waals surface area contributed by atoms with Crippen molar-refractivity contribution in [1.82, 2.24) is 10.1 Å². The van der Waals surface area contributed by atoms with E-state index in [4.69, 9.17) is 9.68 Å². The number of allylic oxidation sites excluding steroid dienone is 1. The molecule has 0 N–H and O–H groups in total. The zero-order valence-corrected chi connectivity index (χ0v) is 16.4. The minimum Gasteiger partial charge on any atom is -0.334 e. The molecule has 0 saturated carbocycles. The van der Waals surface area contributed by atoms with E-state index in [1.165, 1.54) is 0 Å². The van der Waals surface area contributed by atoms with Crippen molar-refractivity contribution in [2.24, 2.45) is 0 Å². The fourth-order valence-corrected chi connectivity index (χ4v) is 3.13. The van der Waals surface area contributed by atoms with Crippen LogP contribution in [0, 0.1) is 0 Å². The predicted octanol–water partition coefficient (Wildman–Crippen LogP) is 1.75. The van der Waals surface area contributed by atoms with E-state index in [2.05, 4.69) is 6.58 Å². The Bertz CT molecular complexity index is 807. The molecule has 0 spiro atoms. The molecule has 0 unspecified atom stereocenters. The molecule has 3 rings (SSSR count). The summed E-state index contributed by atoms with van der Waals surface area (Å²) in [5.41, 5.74) is 2.19. The van der Waals surface area contributed by atoms with E-state index >= 15 is 0 Å². The van der Waals surface area contributed by atoms with Crippen LogP contribution >= 0.6 is 0 Å². The van der Waals surface area contributed by atoms with Crippen molar-refractivity contribution in [3.63, 3.8) is 0 Å². The maximum atomic E-state index is 12.0. The number of aryl methyl sites for hydroxylation is 2. The van der Waals surface area contributed by atoms with Crippen LogP contribution in [0.4, 0.5) is 0 Å². The highest BCUT2D eigenvalue weighted by molar-refractivity contribution is 6.01. The molecule has 0 atom stereocenters. The third-order valence-corrected chi connectivity index (χ3v) is 4.76. The quantitative estimate of drug-likeness (QED) is 0.596. The van der Waals surface area contributed by atoms with Gasteiger partial charge in [0.05, 0.1) is 18.5 Å². The largest absolute Gasteiger partial charge is 0.334 e. The Morgan fingerprint density at radius 3 is 1.77 bits per heavy atom. The second kappa shape index (κ2) is 9.34. The Labute approximate surface area is 173 Å². The van der Waals surface area contributed by atoms with Crippen LogP contribution < -0.4 is 0 Å². The van der Waals surface area contributed by atoms with Gasteiger partial charge in [-0.25, -0.2) is 9.59 Å². The Hall–Kier alpha value is -3.49. The van der Waals surface area contributed by atoms with Gasteiger partial charge in [-0.15, -0.1) is 10.1 Å². The Kier molecular flexibility index (Phi) is 6.61. The van der Waals surface area contributed by atoms with E-state index in [1.54, 1.807) is 6.07 Å². The molecular weight excluding hydrogens is 392 g/mol.